The maximum Gasteiger partial charge on any atom is 0.328 e. The number of amides is 1. The maximum atomic E-state index is 11.6. The Bertz CT molecular complexity index is 265. The lowest BCUT2D eigenvalue weighted by Crippen LogP contribution is -2.36. The Morgan fingerprint density at radius 2 is 1.79 bits per heavy atom. The summed E-state index contributed by atoms with van der Waals surface area (Å²) in [5.74, 6) is -1.21. The van der Waals surface area contributed by atoms with Crippen molar-refractivity contribution in [2.45, 2.75) is 26.2 Å². The molecule has 0 aliphatic carbocycles. The van der Waals surface area contributed by atoms with Crippen LogP contribution in [0.3, 0.4) is 0 Å². The third kappa shape index (κ3) is 2.87. The molecule has 1 N–H and O–H groups in total. The summed E-state index contributed by atoms with van der Waals surface area (Å²) >= 11 is 0. The van der Waals surface area contributed by atoms with E-state index in [1.165, 1.54) is 0 Å². The van der Waals surface area contributed by atoms with Gasteiger partial charge in [-0.25, -0.2) is 4.79 Å². The summed E-state index contributed by atoms with van der Waals surface area (Å²) in [4.78, 5) is 23.7. The summed E-state index contributed by atoms with van der Waals surface area (Å²) < 4.78 is 0. The highest BCUT2D eigenvalue weighted by Gasteiger charge is 2.17. The van der Waals surface area contributed by atoms with E-state index in [9.17, 15) is 9.59 Å². The number of carboxylic acids is 1. The van der Waals surface area contributed by atoms with Crippen LogP contribution in [0, 0.1) is 0 Å². The van der Waals surface area contributed by atoms with Gasteiger partial charge in [-0.3, -0.25) is 4.79 Å². The molecule has 0 spiro atoms. The average molecular weight is 197 g/mol. The average Bonchev–Trinajstić information content (AvgIpc) is 2.17. The lowest BCUT2D eigenvalue weighted by molar-refractivity contribution is -0.133. The van der Waals surface area contributed by atoms with Gasteiger partial charge < -0.3 is 10.0 Å². The molecule has 1 rings (SSSR count). The molecular formula is C10H15NO3. The van der Waals surface area contributed by atoms with Gasteiger partial charge in [0.05, 0.1) is 0 Å². The summed E-state index contributed by atoms with van der Waals surface area (Å²) in [7, 11) is 0. The first kappa shape index (κ1) is 10.8. The molecule has 1 fully saturated rings. The number of hydrogen-bond donors (Lipinski definition) is 1. The van der Waals surface area contributed by atoms with Crippen LogP contribution in [0.2, 0.25) is 0 Å². The highest BCUT2D eigenvalue weighted by Crippen LogP contribution is 2.11. The molecule has 0 radical (unpaired) electrons. The van der Waals surface area contributed by atoms with Crippen LogP contribution >= 0.6 is 0 Å². The highest BCUT2D eigenvalue weighted by molar-refractivity contribution is 5.98. The van der Waals surface area contributed by atoms with Gasteiger partial charge in [-0.15, -0.1) is 0 Å². The van der Waals surface area contributed by atoms with E-state index in [4.69, 9.17) is 5.11 Å². The summed E-state index contributed by atoms with van der Waals surface area (Å²) in [6, 6.07) is 0. The Balaban J connectivity index is 2.59. The molecule has 0 aromatic carbocycles. The summed E-state index contributed by atoms with van der Waals surface area (Å²) in [5.41, 5.74) is 0.305. The van der Waals surface area contributed by atoms with Crippen molar-refractivity contribution in [3.05, 3.63) is 11.6 Å². The van der Waals surface area contributed by atoms with E-state index in [1.54, 1.807) is 11.8 Å². The number of carbonyl (C=O) groups is 2. The molecule has 0 aromatic rings. The predicted molar refractivity (Wildman–Crippen MR) is 51.8 cm³/mol. The molecule has 0 atom stereocenters. The minimum Gasteiger partial charge on any atom is -0.478 e. The van der Waals surface area contributed by atoms with Crippen molar-refractivity contribution in [3.63, 3.8) is 0 Å². The molecule has 4 nitrogen and oxygen atoms in total. The topological polar surface area (TPSA) is 57.6 Å². The second-order valence-electron chi connectivity index (χ2n) is 3.52. The molecule has 1 heterocycles. The fourth-order valence-corrected chi connectivity index (χ4v) is 1.59. The lowest BCUT2D eigenvalue weighted by atomic mass is 10.1. The molecule has 1 saturated heterocycles. The fraction of sp³-hybridized carbons (Fsp3) is 0.600. The van der Waals surface area contributed by atoms with Crippen LogP contribution in [-0.4, -0.2) is 35.0 Å². The molecule has 78 valence electrons. The van der Waals surface area contributed by atoms with Crippen molar-refractivity contribution in [1.82, 2.24) is 4.90 Å². The van der Waals surface area contributed by atoms with Gasteiger partial charge in [-0.05, 0) is 26.2 Å². The number of carbonyl (C=O) groups excluding carboxylic acids is 1. The Morgan fingerprint density at radius 1 is 1.21 bits per heavy atom. The van der Waals surface area contributed by atoms with E-state index in [0.29, 0.717) is 5.57 Å². The standard InChI is InChI=1S/C10H15NO3/c1-8(7-9(12)13)10(14)11-5-3-2-4-6-11/h7H,2-6H2,1H3,(H,12,13)/b8-7+. The van der Waals surface area contributed by atoms with E-state index < -0.39 is 5.97 Å². The van der Waals surface area contributed by atoms with Crippen LogP contribution in [-0.2, 0) is 9.59 Å². The highest BCUT2D eigenvalue weighted by atomic mass is 16.4. The monoisotopic (exact) mass is 197 g/mol. The van der Waals surface area contributed by atoms with Crippen molar-refractivity contribution in [3.8, 4) is 0 Å². The first-order valence-corrected chi connectivity index (χ1v) is 4.82. The third-order valence-electron chi connectivity index (χ3n) is 2.32. The van der Waals surface area contributed by atoms with Crippen LogP contribution in [0.25, 0.3) is 0 Å². The first-order chi connectivity index (χ1) is 6.61. The minimum absolute atomic E-state index is 0.146. The van der Waals surface area contributed by atoms with E-state index in [0.717, 1.165) is 38.4 Å². The number of nitrogens with zero attached hydrogens (tertiary/aromatic N) is 1. The zero-order chi connectivity index (χ0) is 10.6. The predicted octanol–water partition coefficient (Wildman–Crippen LogP) is 1.03. The Morgan fingerprint density at radius 3 is 2.29 bits per heavy atom. The van der Waals surface area contributed by atoms with Crippen molar-refractivity contribution >= 4 is 11.9 Å². The largest absolute Gasteiger partial charge is 0.478 e. The second kappa shape index (κ2) is 4.79. The third-order valence-corrected chi connectivity index (χ3v) is 2.32. The van der Waals surface area contributed by atoms with Crippen LogP contribution in [0.4, 0.5) is 0 Å². The van der Waals surface area contributed by atoms with Crippen molar-refractivity contribution < 1.29 is 14.7 Å². The zero-order valence-electron chi connectivity index (χ0n) is 8.32. The summed E-state index contributed by atoms with van der Waals surface area (Å²) in [6.07, 6.45) is 4.17. The molecule has 0 aromatic heterocycles. The zero-order valence-corrected chi connectivity index (χ0v) is 8.32. The minimum atomic E-state index is -1.06. The van der Waals surface area contributed by atoms with Crippen molar-refractivity contribution in [2.24, 2.45) is 0 Å². The molecule has 14 heavy (non-hydrogen) atoms. The van der Waals surface area contributed by atoms with Crippen molar-refractivity contribution in [1.29, 1.82) is 0 Å². The van der Waals surface area contributed by atoms with Gasteiger partial charge in [0, 0.05) is 24.7 Å². The van der Waals surface area contributed by atoms with Crippen molar-refractivity contribution in [2.75, 3.05) is 13.1 Å². The van der Waals surface area contributed by atoms with Crippen LogP contribution < -0.4 is 0 Å². The lowest BCUT2D eigenvalue weighted by Gasteiger charge is -2.26. The molecular weight excluding hydrogens is 182 g/mol. The molecule has 1 amide bonds. The quantitative estimate of drug-likeness (QED) is 0.672. The van der Waals surface area contributed by atoms with E-state index in [-0.39, 0.29) is 5.91 Å². The Kier molecular flexibility index (Phi) is 3.68. The Hall–Kier alpha value is -1.32. The SMILES string of the molecule is C/C(=C\C(=O)O)C(=O)N1CCCCC1. The van der Waals surface area contributed by atoms with Gasteiger partial charge in [0.25, 0.3) is 0 Å². The number of hydrogen-bond acceptors (Lipinski definition) is 2. The van der Waals surface area contributed by atoms with E-state index >= 15 is 0 Å². The summed E-state index contributed by atoms with van der Waals surface area (Å²) in [6.45, 7) is 3.05. The number of piperidine rings is 1. The normalized spacial score (nSPS) is 18.1. The van der Waals surface area contributed by atoms with E-state index in [1.807, 2.05) is 0 Å². The van der Waals surface area contributed by atoms with Gasteiger partial charge >= 0.3 is 5.97 Å². The molecule has 0 saturated carbocycles. The van der Waals surface area contributed by atoms with Crippen LogP contribution in [0.5, 0.6) is 0 Å². The molecule has 1 aliphatic rings. The van der Waals surface area contributed by atoms with Gasteiger partial charge in [0.15, 0.2) is 0 Å². The number of aliphatic carboxylic acids is 1. The van der Waals surface area contributed by atoms with Gasteiger partial charge in [-0.2, -0.15) is 0 Å². The number of carboxylic acid groups (broad SMARTS) is 1. The van der Waals surface area contributed by atoms with Gasteiger partial charge in [0.2, 0.25) is 5.91 Å². The first-order valence-electron chi connectivity index (χ1n) is 4.82. The smallest absolute Gasteiger partial charge is 0.328 e. The molecule has 1 aliphatic heterocycles. The second-order valence-corrected chi connectivity index (χ2v) is 3.52. The number of rotatable bonds is 2. The van der Waals surface area contributed by atoms with E-state index in [2.05, 4.69) is 0 Å². The van der Waals surface area contributed by atoms with Gasteiger partial charge in [-0.1, -0.05) is 0 Å². The fourth-order valence-electron chi connectivity index (χ4n) is 1.59. The molecule has 4 heteroatoms. The molecule has 0 unspecified atom stereocenters. The van der Waals surface area contributed by atoms with Crippen LogP contribution in [0.1, 0.15) is 26.2 Å². The Labute approximate surface area is 83.2 Å². The molecule has 0 bridgehead atoms. The maximum absolute atomic E-state index is 11.6. The number of likely N-dealkylation sites (tertiary alicyclic amines) is 1. The van der Waals surface area contributed by atoms with Crippen LogP contribution in [0.15, 0.2) is 11.6 Å². The van der Waals surface area contributed by atoms with Gasteiger partial charge in [0.1, 0.15) is 0 Å². The summed E-state index contributed by atoms with van der Waals surface area (Å²) in [5, 5.41) is 8.48.